The first-order valence-corrected chi connectivity index (χ1v) is 7.07. The van der Waals surface area contributed by atoms with Gasteiger partial charge in [0.2, 0.25) is 0 Å². The summed E-state index contributed by atoms with van der Waals surface area (Å²) in [6.45, 7) is 4.33. The number of thiophene rings is 1. The average Bonchev–Trinajstić information content (AvgIpc) is 2.63. The lowest BCUT2D eigenvalue weighted by molar-refractivity contribution is 0.0955. The Morgan fingerprint density at radius 3 is 2.62 bits per heavy atom. The maximum atomic E-state index is 9.10. The highest BCUT2D eigenvalue weighted by molar-refractivity contribution is 7.11. The first kappa shape index (κ1) is 12.1. The van der Waals surface area contributed by atoms with Crippen molar-refractivity contribution < 1.29 is 5.11 Å². The van der Waals surface area contributed by atoms with E-state index in [-0.39, 0.29) is 6.61 Å². The van der Waals surface area contributed by atoms with Crippen LogP contribution in [0.25, 0.3) is 0 Å². The Kier molecular flexibility index (Phi) is 4.38. The van der Waals surface area contributed by atoms with E-state index < -0.39 is 0 Å². The average molecular weight is 239 g/mol. The van der Waals surface area contributed by atoms with Gasteiger partial charge in [0, 0.05) is 28.9 Å². The third-order valence-corrected chi connectivity index (χ3v) is 4.62. The Hall–Kier alpha value is -0.380. The summed E-state index contributed by atoms with van der Waals surface area (Å²) in [5.41, 5.74) is 0. The van der Waals surface area contributed by atoms with Crippen molar-refractivity contribution in [1.82, 2.24) is 4.90 Å². The minimum atomic E-state index is 0.280. The first-order valence-electron chi connectivity index (χ1n) is 6.26. The van der Waals surface area contributed by atoms with Crippen molar-refractivity contribution in [1.29, 1.82) is 0 Å². The Morgan fingerprint density at radius 1 is 1.38 bits per heavy atom. The number of aliphatic hydroxyl groups excluding tert-OH is 1. The fourth-order valence-corrected chi connectivity index (χ4v) is 3.15. The first-order chi connectivity index (χ1) is 7.83. The van der Waals surface area contributed by atoms with E-state index in [0.29, 0.717) is 0 Å². The molecule has 2 rings (SSSR count). The molecule has 1 N–H and O–H groups in total. The molecule has 0 spiro atoms. The monoisotopic (exact) mass is 239 g/mol. The number of aliphatic hydroxyl groups is 1. The SMILES string of the molecule is CCc1ccc(CN(CCO)C2CCC2)s1. The number of hydrogen-bond donors (Lipinski definition) is 1. The zero-order chi connectivity index (χ0) is 11.4. The summed E-state index contributed by atoms with van der Waals surface area (Å²) in [5, 5.41) is 9.10. The Bertz CT molecular complexity index is 319. The fourth-order valence-electron chi connectivity index (χ4n) is 2.17. The van der Waals surface area contributed by atoms with Crippen LogP contribution < -0.4 is 0 Å². The van der Waals surface area contributed by atoms with Crippen molar-refractivity contribution in [3.8, 4) is 0 Å². The molecule has 3 heteroatoms. The number of rotatable bonds is 6. The van der Waals surface area contributed by atoms with Gasteiger partial charge in [-0.05, 0) is 31.4 Å². The molecule has 0 saturated heterocycles. The van der Waals surface area contributed by atoms with Crippen molar-refractivity contribution in [2.24, 2.45) is 0 Å². The lowest BCUT2D eigenvalue weighted by Gasteiger charge is -2.37. The van der Waals surface area contributed by atoms with E-state index >= 15 is 0 Å². The van der Waals surface area contributed by atoms with Crippen molar-refractivity contribution in [3.63, 3.8) is 0 Å². The highest BCUT2D eigenvalue weighted by Crippen LogP contribution is 2.27. The van der Waals surface area contributed by atoms with Gasteiger partial charge in [-0.1, -0.05) is 13.3 Å². The van der Waals surface area contributed by atoms with Crippen LogP contribution in [0.4, 0.5) is 0 Å². The molecule has 1 aliphatic rings. The van der Waals surface area contributed by atoms with E-state index in [2.05, 4.69) is 24.0 Å². The summed E-state index contributed by atoms with van der Waals surface area (Å²) < 4.78 is 0. The van der Waals surface area contributed by atoms with Crippen LogP contribution in [0, 0.1) is 0 Å². The lowest BCUT2D eigenvalue weighted by Crippen LogP contribution is -2.41. The van der Waals surface area contributed by atoms with Gasteiger partial charge >= 0.3 is 0 Å². The van der Waals surface area contributed by atoms with Gasteiger partial charge in [-0.15, -0.1) is 11.3 Å². The molecule has 0 atom stereocenters. The maximum Gasteiger partial charge on any atom is 0.0558 e. The van der Waals surface area contributed by atoms with Crippen LogP contribution in [0.1, 0.15) is 35.9 Å². The highest BCUT2D eigenvalue weighted by Gasteiger charge is 2.24. The molecule has 90 valence electrons. The molecule has 0 bridgehead atoms. The molecule has 1 aromatic rings. The highest BCUT2D eigenvalue weighted by atomic mass is 32.1. The summed E-state index contributed by atoms with van der Waals surface area (Å²) in [6.07, 6.45) is 5.11. The standard InChI is InChI=1S/C13H21NOS/c1-2-12-6-7-13(16-12)10-14(8-9-15)11-4-3-5-11/h6-7,11,15H,2-5,8-10H2,1H3. The van der Waals surface area contributed by atoms with Crippen LogP contribution in [0.2, 0.25) is 0 Å². The minimum absolute atomic E-state index is 0.280. The molecule has 0 amide bonds. The van der Waals surface area contributed by atoms with Crippen molar-refractivity contribution >= 4 is 11.3 Å². The van der Waals surface area contributed by atoms with Crippen LogP contribution in [0.3, 0.4) is 0 Å². The Morgan fingerprint density at radius 2 is 2.12 bits per heavy atom. The molecule has 1 aliphatic carbocycles. The molecular formula is C13H21NOS. The third-order valence-electron chi connectivity index (χ3n) is 3.40. The maximum absolute atomic E-state index is 9.10. The van der Waals surface area contributed by atoms with Crippen LogP contribution in [0.5, 0.6) is 0 Å². The van der Waals surface area contributed by atoms with Gasteiger partial charge in [-0.2, -0.15) is 0 Å². The molecule has 1 fully saturated rings. The van der Waals surface area contributed by atoms with E-state index in [9.17, 15) is 0 Å². The molecule has 1 heterocycles. The second-order valence-corrected chi connectivity index (χ2v) is 5.75. The molecule has 1 aromatic heterocycles. The normalized spacial score (nSPS) is 16.7. The quantitative estimate of drug-likeness (QED) is 0.825. The molecular weight excluding hydrogens is 218 g/mol. The van der Waals surface area contributed by atoms with Gasteiger partial charge in [-0.3, -0.25) is 4.90 Å². The second kappa shape index (κ2) is 5.80. The largest absolute Gasteiger partial charge is 0.395 e. The summed E-state index contributed by atoms with van der Waals surface area (Å²) in [6, 6.07) is 5.20. The summed E-state index contributed by atoms with van der Waals surface area (Å²) in [7, 11) is 0. The molecule has 0 unspecified atom stereocenters. The number of hydrogen-bond acceptors (Lipinski definition) is 3. The van der Waals surface area contributed by atoms with Crippen molar-refractivity contribution in [2.75, 3.05) is 13.2 Å². The minimum Gasteiger partial charge on any atom is -0.395 e. The number of nitrogens with zero attached hydrogens (tertiary/aromatic N) is 1. The Labute approximate surface area is 102 Å². The molecule has 0 aromatic carbocycles. The van der Waals surface area contributed by atoms with Crippen LogP contribution in [-0.4, -0.2) is 29.2 Å². The topological polar surface area (TPSA) is 23.5 Å². The molecule has 1 saturated carbocycles. The fraction of sp³-hybridized carbons (Fsp3) is 0.692. The molecule has 16 heavy (non-hydrogen) atoms. The predicted octanol–water partition coefficient (Wildman–Crippen LogP) is 2.66. The molecule has 0 aliphatic heterocycles. The van der Waals surface area contributed by atoms with Crippen LogP contribution >= 0.6 is 11.3 Å². The predicted molar refractivity (Wildman–Crippen MR) is 68.8 cm³/mol. The van der Waals surface area contributed by atoms with Crippen LogP contribution in [-0.2, 0) is 13.0 Å². The summed E-state index contributed by atoms with van der Waals surface area (Å²) in [4.78, 5) is 5.35. The number of aryl methyl sites for hydroxylation is 1. The van der Waals surface area contributed by atoms with Crippen molar-refractivity contribution in [2.45, 2.75) is 45.2 Å². The summed E-state index contributed by atoms with van der Waals surface area (Å²) in [5.74, 6) is 0. The van der Waals surface area contributed by atoms with Gasteiger partial charge < -0.3 is 5.11 Å². The zero-order valence-electron chi connectivity index (χ0n) is 9.98. The van der Waals surface area contributed by atoms with E-state index in [4.69, 9.17) is 5.11 Å². The molecule has 2 nitrogen and oxygen atoms in total. The van der Waals surface area contributed by atoms with Crippen molar-refractivity contribution in [3.05, 3.63) is 21.9 Å². The molecule has 0 radical (unpaired) electrons. The Balaban J connectivity index is 1.93. The summed E-state index contributed by atoms with van der Waals surface area (Å²) >= 11 is 1.92. The van der Waals surface area contributed by atoms with Crippen LogP contribution in [0.15, 0.2) is 12.1 Å². The lowest BCUT2D eigenvalue weighted by atomic mass is 9.91. The van der Waals surface area contributed by atoms with Gasteiger partial charge in [0.15, 0.2) is 0 Å². The van der Waals surface area contributed by atoms with E-state index in [1.165, 1.54) is 29.0 Å². The van der Waals surface area contributed by atoms with E-state index in [0.717, 1.165) is 25.6 Å². The third kappa shape index (κ3) is 2.84. The second-order valence-electron chi connectivity index (χ2n) is 4.50. The van der Waals surface area contributed by atoms with Gasteiger partial charge in [-0.25, -0.2) is 0 Å². The van der Waals surface area contributed by atoms with E-state index in [1.807, 2.05) is 11.3 Å². The van der Waals surface area contributed by atoms with E-state index in [1.54, 1.807) is 0 Å². The van der Waals surface area contributed by atoms with Gasteiger partial charge in [0.25, 0.3) is 0 Å². The smallest absolute Gasteiger partial charge is 0.0558 e. The van der Waals surface area contributed by atoms with Gasteiger partial charge in [0.1, 0.15) is 0 Å². The zero-order valence-corrected chi connectivity index (χ0v) is 10.8. The van der Waals surface area contributed by atoms with Gasteiger partial charge in [0.05, 0.1) is 6.61 Å².